The van der Waals surface area contributed by atoms with Gasteiger partial charge in [0.2, 0.25) is 0 Å². The van der Waals surface area contributed by atoms with Gasteiger partial charge < -0.3 is 5.11 Å². The molecule has 1 aliphatic heterocycles. The Morgan fingerprint density at radius 2 is 2.26 bits per heavy atom. The van der Waals surface area contributed by atoms with Gasteiger partial charge in [0.15, 0.2) is 0 Å². The summed E-state index contributed by atoms with van der Waals surface area (Å²) in [5, 5.41) is 10.4. The van der Waals surface area contributed by atoms with Crippen molar-refractivity contribution in [3.8, 4) is 0 Å². The van der Waals surface area contributed by atoms with Crippen molar-refractivity contribution in [2.75, 3.05) is 0 Å². The maximum atomic E-state index is 11.7. The van der Waals surface area contributed by atoms with Crippen LogP contribution in [-0.2, 0) is 4.79 Å². The van der Waals surface area contributed by atoms with Gasteiger partial charge in [-0.3, -0.25) is 4.79 Å². The number of rotatable bonds is 4. The van der Waals surface area contributed by atoms with Gasteiger partial charge >= 0.3 is 5.97 Å². The normalized spacial score (nSPS) is 39.3. The van der Waals surface area contributed by atoms with Crippen molar-refractivity contribution in [1.82, 2.24) is 0 Å². The first-order valence-electron chi connectivity index (χ1n) is 8.36. The van der Waals surface area contributed by atoms with Crippen LogP contribution in [0.3, 0.4) is 0 Å². The average Bonchev–Trinajstić information content (AvgIpc) is 2.89. The molecule has 0 aromatic rings. The second-order valence-electron chi connectivity index (χ2n) is 6.59. The molecular weight excluding hydrogens is 304 g/mol. The maximum Gasteiger partial charge on any atom is 0.310 e. The van der Waals surface area contributed by atoms with E-state index >= 15 is 0 Å². The van der Waals surface area contributed by atoms with Crippen molar-refractivity contribution in [3.63, 3.8) is 0 Å². The predicted molar refractivity (Wildman–Crippen MR) is 97.4 cm³/mol. The van der Waals surface area contributed by atoms with Crippen LogP contribution in [0.1, 0.15) is 19.8 Å². The van der Waals surface area contributed by atoms with Gasteiger partial charge in [0.25, 0.3) is 0 Å². The molecule has 0 saturated carbocycles. The van der Waals surface area contributed by atoms with Crippen LogP contribution in [0.5, 0.6) is 0 Å². The fraction of sp³-hybridized carbons (Fsp3) is 0.450. The zero-order chi connectivity index (χ0) is 16.4. The average molecular weight is 328 g/mol. The standard InChI is InChI=1S/C20H24O2S/c1-3-4-12-18-13(2)14-10-7-11-16(19(14)23-18)15-8-5-6-9-17(15)20(21)22/h3-4,6-7,9-13,15-19H,1,5,8H2,2H3,(H,21,22)/b12-4-. The molecule has 1 fully saturated rings. The molecule has 0 amide bonds. The second-order valence-corrected chi connectivity index (χ2v) is 7.92. The van der Waals surface area contributed by atoms with E-state index in [1.54, 1.807) is 0 Å². The van der Waals surface area contributed by atoms with Crippen LogP contribution in [-0.4, -0.2) is 21.6 Å². The minimum absolute atomic E-state index is 0.198. The highest BCUT2D eigenvalue weighted by Gasteiger charge is 2.45. The third-order valence-electron chi connectivity index (χ3n) is 5.31. The number of carbonyl (C=O) groups is 1. The monoisotopic (exact) mass is 328 g/mol. The predicted octanol–water partition coefficient (Wildman–Crippen LogP) is 4.63. The number of hydrogen-bond donors (Lipinski definition) is 1. The Morgan fingerprint density at radius 1 is 1.43 bits per heavy atom. The number of allylic oxidation sites excluding steroid dienone is 6. The summed E-state index contributed by atoms with van der Waals surface area (Å²) in [6, 6.07) is 0. The molecule has 2 aliphatic carbocycles. The molecule has 3 heteroatoms. The van der Waals surface area contributed by atoms with Crippen molar-refractivity contribution in [2.24, 2.45) is 23.7 Å². The van der Waals surface area contributed by atoms with Crippen molar-refractivity contribution in [1.29, 1.82) is 0 Å². The Balaban J connectivity index is 1.85. The number of thioether (sulfide) groups is 1. The number of aliphatic carboxylic acids is 1. The van der Waals surface area contributed by atoms with Crippen molar-refractivity contribution in [3.05, 3.63) is 60.8 Å². The number of carboxylic acid groups (broad SMARTS) is 1. The Labute approximate surface area is 142 Å². The Morgan fingerprint density at radius 3 is 3.00 bits per heavy atom. The molecule has 0 bridgehead atoms. The Hall–Kier alpha value is -1.48. The Bertz CT molecular complexity index is 599. The van der Waals surface area contributed by atoms with Gasteiger partial charge in [-0.25, -0.2) is 0 Å². The highest BCUT2D eigenvalue weighted by molar-refractivity contribution is 8.01. The summed E-state index contributed by atoms with van der Waals surface area (Å²) < 4.78 is 0. The molecule has 1 saturated heterocycles. The van der Waals surface area contributed by atoms with Crippen molar-refractivity contribution >= 4 is 17.7 Å². The van der Waals surface area contributed by atoms with Crippen molar-refractivity contribution in [2.45, 2.75) is 30.3 Å². The molecule has 1 heterocycles. The first-order chi connectivity index (χ1) is 11.1. The van der Waals surface area contributed by atoms with Crippen LogP contribution in [0.15, 0.2) is 60.8 Å². The van der Waals surface area contributed by atoms with Crippen molar-refractivity contribution < 1.29 is 9.90 Å². The van der Waals surface area contributed by atoms with Crippen LogP contribution >= 0.6 is 11.8 Å². The first kappa shape index (κ1) is 16.4. The molecule has 3 aliphatic rings. The van der Waals surface area contributed by atoms with Crippen LogP contribution in [0, 0.1) is 23.7 Å². The van der Waals surface area contributed by atoms with E-state index in [-0.39, 0.29) is 11.8 Å². The van der Waals surface area contributed by atoms with Gasteiger partial charge in [-0.2, -0.15) is 0 Å². The van der Waals surface area contributed by atoms with Gasteiger partial charge in [-0.15, -0.1) is 11.8 Å². The van der Waals surface area contributed by atoms with Gasteiger partial charge in [0.1, 0.15) is 0 Å². The van der Waals surface area contributed by atoms with E-state index in [9.17, 15) is 9.90 Å². The molecule has 6 unspecified atom stereocenters. The van der Waals surface area contributed by atoms with E-state index in [1.807, 2.05) is 36.1 Å². The molecular formula is C20H24O2S. The minimum Gasteiger partial charge on any atom is -0.481 e. The van der Waals surface area contributed by atoms with Gasteiger partial charge in [0.05, 0.1) is 5.92 Å². The van der Waals surface area contributed by atoms with E-state index in [4.69, 9.17) is 0 Å². The fourth-order valence-electron chi connectivity index (χ4n) is 4.09. The second kappa shape index (κ2) is 6.96. The van der Waals surface area contributed by atoms with Crippen LogP contribution in [0.2, 0.25) is 0 Å². The molecule has 23 heavy (non-hydrogen) atoms. The lowest BCUT2D eigenvalue weighted by Crippen LogP contribution is -2.35. The third kappa shape index (κ3) is 3.12. The van der Waals surface area contributed by atoms with Crippen LogP contribution in [0.4, 0.5) is 0 Å². The summed E-state index contributed by atoms with van der Waals surface area (Å²) in [6.45, 7) is 6.04. The molecule has 0 spiro atoms. The van der Waals surface area contributed by atoms with Crippen LogP contribution < -0.4 is 0 Å². The smallest absolute Gasteiger partial charge is 0.310 e. The van der Waals surface area contributed by atoms with E-state index < -0.39 is 5.97 Å². The number of hydrogen-bond acceptors (Lipinski definition) is 2. The molecule has 6 atom stereocenters. The molecule has 0 aromatic carbocycles. The van der Waals surface area contributed by atoms with Crippen LogP contribution in [0.25, 0.3) is 0 Å². The summed E-state index contributed by atoms with van der Waals surface area (Å²) in [5.74, 6) is -0.0259. The topological polar surface area (TPSA) is 37.3 Å². The fourth-order valence-corrected chi connectivity index (χ4v) is 5.93. The number of fused-ring (bicyclic) bond motifs is 1. The SMILES string of the molecule is C=C/C=C\C1SC2C(=CC=CC2C2CCC=CC2C(=O)O)C1C. The van der Waals surface area contributed by atoms with E-state index in [0.29, 0.717) is 22.3 Å². The molecule has 0 radical (unpaired) electrons. The zero-order valence-electron chi connectivity index (χ0n) is 13.5. The lowest BCUT2D eigenvalue weighted by atomic mass is 9.71. The highest BCUT2D eigenvalue weighted by Crippen LogP contribution is 2.52. The molecule has 2 nitrogen and oxygen atoms in total. The molecule has 0 aromatic heterocycles. The van der Waals surface area contributed by atoms with Gasteiger partial charge in [-0.1, -0.05) is 67.7 Å². The summed E-state index contributed by atoms with van der Waals surface area (Å²) in [6.07, 6.45) is 18.6. The maximum absolute atomic E-state index is 11.7. The molecule has 3 rings (SSSR count). The minimum atomic E-state index is -0.686. The number of carboxylic acids is 1. The highest BCUT2D eigenvalue weighted by atomic mass is 32.2. The molecule has 122 valence electrons. The summed E-state index contributed by atoms with van der Waals surface area (Å²) in [7, 11) is 0. The summed E-state index contributed by atoms with van der Waals surface area (Å²) in [5.41, 5.74) is 1.47. The van der Waals surface area contributed by atoms with E-state index in [2.05, 4.69) is 37.8 Å². The van der Waals surface area contributed by atoms with Gasteiger partial charge in [0, 0.05) is 10.5 Å². The molecule has 1 N–H and O–H groups in total. The zero-order valence-corrected chi connectivity index (χ0v) is 14.3. The van der Waals surface area contributed by atoms with Gasteiger partial charge in [-0.05, 0) is 30.6 Å². The lowest BCUT2D eigenvalue weighted by Gasteiger charge is -2.36. The summed E-state index contributed by atoms with van der Waals surface area (Å²) in [4.78, 5) is 11.7. The van der Waals surface area contributed by atoms with E-state index in [1.165, 1.54) is 5.57 Å². The first-order valence-corrected chi connectivity index (χ1v) is 9.30. The quantitative estimate of drug-likeness (QED) is 0.604. The lowest BCUT2D eigenvalue weighted by molar-refractivity contribution is -0.142. The Kier molecular flexibility index (Phi) is 4.96. The summed E-state index contributed by atoms with van der Waals surface area (Å²) >= 11 is 1.99. The third-order valence-corrected chi connectivity index (χ3v) is 7.07. The van der Waals surface area contributed by atoms with E-state index in [0.717, 1.165) is 12.8 Å². The largest absolute Gasteiger partial charge is 0.481 e.